The number of allylic oxidation sites excluding steroid dienone is 1. The van der Waals surface area contributed by atoms with Gasteiger partial charge in [0.05, 0.1) is 14.2 Å². The van der Waals surface area contributed by atoms with Crippen LogP contribution in [0, 0.1) is 0 Å². The van der Waals surface area contributed by atoms with Crippen molar-refractivity contribution in [3.05, 3.63) is 54.1 Å². The maximum atomic E-state index is 4.43. The molecular weight excluding hydrogens is 300 g/mol. The Morgan fingerprint density at radius 3 is 2.56 bits per heavy atom. The van der Waals surface area contributed by atoms with Gasteiger partial charge in [0.2, 0.25) is 0 Å². The van der Waals surface area contributed by atoms with Crippen LogP contribution in [0.3, 0.4) is 0 Å². The predicted molar refractivity (Wildman–Crippen MR) is 87.0 cm³/mol. The van der Waals surface area contributed by atoms with Crippen LogP contribution in [0.4, 0.5) is 5.69 Å². The lowest BCUT2D eigenvalue weighted by atomic mass is 10.4. The Bertz CT molecular complexity index is 551. The van der Waals surface area contributed by atoms with Crippen molar-refractivity contribution < 1.29 is 0 Å². The lowest BCUT2D eigenvalue weighted by molar-refractivity contribution is 1.32. The Morgan fingerprint density at radius 1 is 1.00 bits per heavy atom. The van der Waals surface area contributed by atoms with Crippen molar-refractivity contribution in [3.8, 4) is 0 Å². The predicted octanol–water partition coefficient (Wildman–Crippen LogP) is 5.18. The van der Waals surface area contributed by atoms with Gasteiger partial charge in [-0.15, -0.1) is 0 Å². The highest BCUT2D eigenvalue weighted by Crippen LogP contribution is 2.52. The summed E-state index contributed by atoms with van der Waals surface area (Å²) in [6.45, 7) is 0. The van der Waals surface area contributed by atoms with E-state index in [1.807, 2.05) is 18.3 Å². The molecule has 3 rings (SSSR count). The molecule has 2 aliphatic rings. The zero-order chi connectivity index (χ0) is 12.2. The van der Waals surface area contributed by atoms with Gasteiger partial charge >= 0.3 is 0 Å². The summed E-state index contributed by atoms with van der Waals surface area (Å²) in [7, 11) is 0. The van der Waals surface area contributed by atoms with Crippen LogP contribution in [-0.4, -0.2) is 11.2 Å². The Labute approximate surface area is 123 Å². The monoisotopic (exact) mass is 308 g/mol. The van der Waals surface area contributed by atoms with Crippen molar-refractivity contribution >= 4 is 58.9 Å². The van der Waals surface area contributed by atoms with Gasteiger partial charge in [0, 0.05) is 23.5 Å². The zero-order valence-corrected chi connectivity index (χ0v) is 12.4. The highest BCUT2D eigenvalue weighted by atomic mass is 32.2. The first-order valence-corrected chi connectivity index (χ1v) is 8.59. The van der Waals surface area contributed by atoms with Gasteiger partial charge in [-0.1, -0.05) is 47.0 Å². The molecule has 0 saturated heterocycles. The van der Waals surface area contributed by atoms with Crippen LogP contribution in [0.25, 0.3) is 0 Å². The zero-order valence-electron chi connectivity index (χ0n) is 9.15. The second-order valence-electron chi connectivity index (χ2n) is 3.29. The van der Waals surface area contributed by atoms with E-state index in [4.69, 9.17) is 0 Å². The summed E-state index contributed by atoms with van der Waals surface area (Å²) in [6, 6.07) is 3.80. The van der Waals surface area contributed by atoms with Crippen LogP contribution in [-0.2, 0) is 0 Å². The van der Waals surface area contributed by atoms with E-state index in [0.29, 0.717) is 0 Å². The SMILES string of the molecule is C1=CSC(=C2SC=C(C=Nc3ccncc3)S2)S1. The lowest BCUT2D eigenvalue weighted by Gasteiger charge is -1.99. The molecule has 0 saturated carbocycles. The number of pyridine rings is 1. The molecule has 0 spiro atoms. The first-order chi connectivity index (χ1) is 8.92. The minimum Gasteiger partial charge on any atom is -0.265 e. The standard InChI is InChI=1S/C12H8N2S4/c1-3-13-4-2-9(1)14-7-10-8-17-12(18-10)11-15-5-6-16-11/h1-8H. The average molecular weight is 308 g/mol. The molecule has 0 unspecified atom stereocenters. The smallest absolute Gasteiger partial charge is 0.0700 e. The molecule has 0 atom stereocenters. The summed E-state index contributed by atoms with van der Waals surface area (Å²) in [4.78, 5) is 9.59. The molecule has 6 heteroatoms. The molecule has 2 nitrogen and oxygen atoms in total. The van der Waals surface area contributed by atoms with E-state index >= 15 is 0 Å². The average Bonchev–Trinajstić information content (AvgIpc) is 3.08. The van der Waals surface area contributed by atoms with Crippen molar-refractivity contribution in [1.82, 2.24) is 4.98 Å². The molecule has 0 amide bonds. The molecule has 3 heterocycles. The number of hydrogen-bond donors (Lipinski definition) is 0. The second-order valence-corrected chi connectivity index (χ2v) is 7.60. The highest BCUT2D eigenvalue weighted by molar-refractivity contribution is 8.33. The summed E-state index contributed by atoms with van der Waals surface area (Å²) < 4.78 is 2.72. The number of rotatable bonds is 2. The van der Waals surface area contributed by atoms with Crippen molar-refractivity contribution in [3.63, 3.8) is 0 Å². The third-order valence-electron chi connectivity index (χ3n) is 2.07. The van der Waals surface area contributed by atoms with Crippen molar-refractivity contribution in [2.45, 2.75) is 0 Å². The largest absolute Gasteiger partial charge is 0.265 e. The summed E-state index contributed by atoms with van der Waals surface area (Å²) in [5.41, 5.74) is 0.934. The molecule has 90 valence electrons. The third kappa shape index (κ3) is 3.06. The third-order valence-corrected chi connectivity index (χ3v) is 7.04. The Kier molecular flexibility index (Phi) is 4.20. The van der Waals surface area contributed by atoms with Crippen LogP contribution >= 0.6 is 47.0 Å². The quantitative estimate of drug-likeness (QED) is 0.701. The molecule has 0 radical (unpaired) electrons. The summed E-state index contributed by atoms with van der Waals surface area (Å²) in [5.74, 6) is 0. The topological polar surface area (TPSA) is 25.2 Å². The molecule has 1 aromatic rings. The Balaban J connectivity index is 1.66. The van der Waals surface area contributed by atoms with Crippen LogP contribution in [0.1, 0.15) is 0 Å². The highest BCUT2D eigenvalue weighted by Gasteiger charge is 2.17. The van der Waals surface area contributed by atoms with E-state index in [0.717, 1.165) is 5.69 Å². The van der Waals surface area contributed by atoms with Gasteiger partial charge in [0.1, 0.15) is 0 Å². The Morgan fingerprint density at radius 2 is 1.78 bits per heavy atom. The summed E-state index contributed by atoms with van der Waals surface area (Å²) in [5, 5.41) is 6.39. The lowest BCUT2D eigenvalue weighted by Crippen LogP contribution is -1.74. The van der Waals surface area contributed by atoms with Gasteiger partial charge < -0.3 is 0 Å². The second kappa shape index (κ2) is 6.06. The van der Waals surface area contributed by atoms with Gasteiger partial charge in [-0.2, -0.15) is 0 Å². The Hall–Kier alpha value is -0.560. The van der Waals surface area contributed by atoms with Crippen molar-refractivity contribution in [2.24, 2.45) is 4.99 Å². The molecule has 18 heavy (non-hydrogen) atoms. The van der Waals surface area contributed by atoms with E-state index in [9.17, 15) is 0 Å². The number of aromatic nitrogens is 1. The number of hydrogen-bond acceptors (Lipinski definition) is 6. The molecule has 0 aliphatic carbocycles. The van der Waals surface area contributed by atoms with E-state index in [-0.39, 0.29) is 0 Å². The molecule has 2 aliphatic heterocycles. The fourth-order valence-electron chi connectivity index (χ4n) is 1.28. The van der Waals surface area contributed by atoms with Gasteiger partial charge in [0.25, 0.3) is 0 Å². The number of aliphatic imine (C=N–C) groups is 1. The van der Waals surface area contributed by atoms with Crippen LogP contribution in [0.5, 0.6) is 0 Å². The minimum atomic E-state index is 0.934. The van der Waals surface area contributed by atoms with E-state index in [1.54, 1.807) is 59.4 Å². The minimum absolute atomic E-state index is 0.934. The van der Waals surface area contributed by atoms with E-state index in [1.165, 1.54) is 13.4 Å². The van der Waals surface area contributed by atoms with E-state index in [2.05, 4.69) is 26.2 Å². The first kappa shape index (κ1) is 12.5. The van der Waals surface area contributed by atoms with Gasteiger partial charge in [-0.25, -0.2) is 0 Å². The normalized spacial score (nSPS) is 19.0. The summed E-state index contributed by atoms with van der Waals surface area (Å²) in [6.07, 6.45) is 5.42. The van der Waals surface area contributed by atoms with Crippen molar-refractivity contribution in [1.29, 1.82) is 0 Å². The molecule has 0 fully saturated rings. The van der Waals surface area contributed by atoms with Crippen LogP contribution in [0.15, 0.2) is 59.1 Å². The van der Waals surface area contributed by atoms with Gasteiger partial charge in [-0.3, -0.25) is 9.98 Å². The molecule has 1 aromatic heterocycles. The molecule has 0 aromatic carbocycles. The molecular formula is C12H8N2S4. The number of thioether (sulfide) groups is 4. The van der Waals surface area contributed by atoms with Crippen LogP contribution in [0.2, 0.25) is 0 Å². The van der Waals surface area contributed by atoms with Gasteiger partial charge in [-0.05, 0) is 28.4 Å². The fraction of sp³-hybridized carbons (Fsp3) is 0. The van der Waals surface area contributed by atoms with Crippen molar-refractivity contribution in [2.75, 3.05) is 0 Å². The maximum absolute atomic E-state index is 4.43. The fourth-order valence-corrected chi connectivity index (χ4v) is 5.59. The van der Waals surface area contributed by atoms with E-state index < -0.39 is 0 Å². The molecule has 0 N–H and O–H groups in total. The number of nitrogens with zero attached hydrogens (tertiary/aromatic N) is 2. The van der Waals surface area contributed by atoms with Crippen LogP contribution < -0.4 is 0 Å². The summed E-state index contributed by atoms with van der Waals surface area (Å²) >= 11 is 7.14. The first-order valence-electron chi connectivity index (χ1n) is 5.13. The van der Waals surface area contributed by atoms with Gasteiger partial charge in [0.15, 0.2) is 0 Å². The maximum Gasteiger partial charge on any atom is 0.0700 e. The molecule has 0 bridgehead atoms.